The first kappa shape index (κ1) is 15.3. The predicted octanol–water partition coefficient (Wildman–Crippen LogP) is 4.15. The van der Waals surface area contributed by atoms with Gasteiger partial charge in [-0.05, 0) is 40.6 Å². The van der Waals surface area contributed by atoms with Gasteiger partial charge in [0.1, 0.15) is 6.10 Å². The fourth-order valence-corrected chi connectivity index (χ4v) is 4.35. The molecule has 0 saturated heterocycles. The van der Waals surface area contributed by atoms with Crippen molar-refractivity contribution in [1.82, 2.24) is 4.98 Å². The van der Waals surface area contributed by atoms with E-state index in [-0.39, 0.29) is 12.0 Å². The van der Waals surface area contributed by atoms with E-state index in [1.54, 1.807) is 0 Å². The first-order chi connectivity index (χ1) is 13.8. The average Bonchev–Trinajstić information content (AvgIpc) is 3.11. The van der Waals surface area contributed by atoms with E-state index >= 15 is 0 Å². The second kappa shape index (κ2) is 5.64. The molecule has 4 aromatic rings. The molecule has 6 rings (SSSR count). The smallest absolute Gasteiger partial charge is 0.285 e. The molecule has 0 bridgehead atoms. The zero-order valence-corrected chi connectivity index (χ0v) is 15.0. The van der Waals surface area contributed by atoms with Gasteiger partial charge < -0.3 is 14.8 Å². The zero-order valence-electron chi connectivity index (χ0n) is 15.0. The molecular weight excluding hydrogens is 346 g/mol. The Labute approximate surface area is 161 Å². The molecular formula is C25H17NO2. The molecule has 3 nitrogen and oxygen atoms in total. The van der Waals surface area contributed by atoms with Crippen LogP contribution in [0.25, 0.3) is 38.9 Å². The number of aliphatic hydroxyl groups excluding tert-OH is 1. The van der Waals surface area contributed by atoms with Crippen LogP contribution in [0.15, 0.2) is 85.0 Å². The minimum Gasteiger partial charge on any atom is -0.481 e. The number of hydrogen-bond acceptors (Lipinski definition) is 2. The predicted molar refractivity (Wildman–Crippen MR) is 113 cm³/mol. The third kappa shape index (κ3) is 2.10. The molecule has 3 aromatic carbocycles. The summed E-state index contributed by atoms with van der Waals surface area (Å²) in [5.74, 6) is -0.0127. The highest BCUT2D eigenvalue weighted by atomic mass is 16.6. The van der Waals surface area contributed by atoms with E-state index in [9.17, 15) is 5.11 Å². The van der Waals surface area contributed by atoms with E-state index in [1.807, 2.05) is 42.5 Å². The Kier molecular flexibility index (Phi) is 3.09. The highest BCUT2D eigenvalue weighted by Crippen LogP contribution is 2.35. The lowest BCUT2D eigenvalue weighted by Gasteiger charge is -2.27. The molecule has 2 aliphatic rings. The summed E-state index contributed by atoms with van der Waals surface area (Å²) >= 11 is 0. The number of aromatic nitrogens is 1. The maximum absolute atomic E-state index is 10.3. The van der Waals surface area contributed by atoms with Gasteiger partial charge in [0.25, 0.3) is 5.95 Å². The second-order valence-electron chi connectivity index (χ2n) is 7.20. The zero-order chi connectivity index (χ0) is 18.7. The molecule has 1 atom stereocenters. The molecule has 0 fully saturated rings. The summed E-state index contributed by atoms with van der Waals surface area (Å²) in [6, 6.07) is 22.8. The Balaban J connectivity index is 1.63. The van der Waals surface area contributed by atoms with Crippen LogP contribution in [0.4, 0.5) is 0 Å². The molecule has 3 heteroatoms. The van der Waals surface area contributed by atoms with Crippen molar-refractivity contribution in [3.63, 3.8) is 0 Å². The van der Waals surface area contributed by atoms with Crippen LogP contribution in [-0.4, -0.2) is 16.2 Å². The molecule has 2 N–H and O–H groups in total. The highest BCUT2D eigenvalue weighted by molar-refractivity contribution is 6.10. The summed E-state index contributed by atoms with van der Waals surface area (Å²) in [7, 11) is 0. The fourth-order valence-electron chi connectivity index (χ4n) is 4.35. The number of benzene rings is 3. The normalized spacial score (nSPS) is 18.0. The van der Waals surface area contributed by atoms with Gasteiger partial charge in [0.05, 0.1) is 5.22 Å². The number of ether oxygens (including phenoxy) is 1. The summed E-state index contributed by atoms with van der Waals surface area (Å²) < 4.78 is 5.80. The molecule has 0 radical (unpaired) electrons. The fraction of sp³-hybridized carbons (Fsp3) is 0.0400. The first-order valence-electron chi connectivity index (χ1n) is 9.38. The third-order valence-electron chi connectivity index (χ3n) is 5.63. The van der Waals surface area contributed by atoms with E-state index in [4.69, 9.17) is 4.74 Å². The van der Waals surface area contributed by atoms with E-state index < -0.39 is 0 Å². The van der Waals surface area contributed by atoms with E-state index in [0.29, 0.717) is 0 Å². The number of hydrogen-bond donors (Lipinski definition) is 2. The Hall–Kier alpha value is -3.72. The van der Waals surface area contributed by atoms with Gasteiger partial charge in [-0.1, -0.05) is 60.7 Å². The Bertz CT molecular complexity index is 1450. The van der Waals surface area contributed by atoms with Crippen molar-refractivity contribution in [1.29, 1.82) is 0 Å². The summed E-state index contributed by atoms with van der Waals surface area (Å²) in [5.41, 5.74) is 5.59. The molecule has 1 aromatic heterocycles. The Morgan fingerprint density at radius 2 is 1.61 bits per heavy atom. The van der Waals surface area contributed by atoms with Crippen LogP contribution < -0.4 is 10.4 Å². The average molecular weight is 363 g/mol. The van der Waals surface area contributed by atoms with Crippen molar-refractivity contribution in [3.05, 3.63) is 101 Å². The summed E-state index contributed by atoms with van der Waals surface area (Å²) in [5, 5.41) is 14.5. The Morgan fingerprint density at radius 3 is 2.54 bits per heavy atom. The highest BCUT2D eigenvalue weighted by Gasteiger charge is 2.26. The Morgan fingerprint density at radius 1 is 0.821 bits per heavy atom. The molecule has 0 saturated carbocycles. The van der Waals surface area contributed by atoms with Crippen molar-refractivity contribution in [3.8, 4) is 0 Å². The van der Waals surface area contributed by atoms with Crippen molar-refractivity contribution >= 4 is 38.9 Å². The van der Waals surface area contributed by atoms with Gasteiger partial charge in [0.2, 0.25) is 0 Å². The van der Waals surface area contributed by atoms with Crippen molar-refractivity contribution in [2.75, 3.05) is 0 Å². The number of para-hydroxylation sites is 1. The molecule has 1 aliphatic carbocycles. The molecule has 2 heterocycles. The number of aliphatic hydroxyl groups is 1. The minimum absolute atomic E-state index is 0.0127. The van der Waals surface area contributed by atoms with Crippen LogP contribution >= 0.6 is 0 Å². The quantitative estimate of drug-likeness (QED) is 0.534. The minimum atomic E-state index is -0.284. The van der Waals surface area contributed by atoms with Gasteiger partial charge in [-0.2, -0.15) is 0 Å². The van der Waals surface area contributed by atoms with Crippen LogP contribution in [0, 0.1) is 0 Å². The van der Waals surface area contributed by atoms with Crippen LogP contribution in [0.2, 0.25) is 0 Å². The molecule has 1 aliphatic heterocycles. The lowest BCUT2D eigenvalue weighted by molar-refractivity contribution is 0.163. The van der Waals surface area contributed by atoms with E-state index in [2.05, 4.69) is 47.5 Å². The van der Waals surface area contributed by atoms with Gasteiger partial charge in [0, 0.05) is 27.4 Å². The summed E-state index contributed by atoms with van der Waals surface area (Å²) in [4.78, 5) is 3.53. The van der Waals surface area contributed by atoms with Crippen molar-refractivity contribution in [2.45, 2.75) is 6.10 Å². The molecule has 0 spiro atoms. The molecule has 0 amide bonds. The second-order valence-corrected chi connectivity index (χ2v) is 7.20. The van der Waals surface area contributed by atoms with Gasteiger partial charge in [-0.25, -0.2) is 0 Å². The third-order valence-corrected chi connectivity index (χ3v) is 5.63. The van der Waals surface area contributed by atoms with Crippen LogP contribution in [-0.2, 0) is 4.74 Å². The summed E-state index contributed by atoms with van der Waals surface area (Å²) in [6.07, 6.45) is 5.82. The van der Waals surface area contributed by atoms with E-state index in [1.165, 1.54) is 10.8 Å². The van der Waals surface area contributed by atoms with Crippen LogP contribution in [0.3, 0.4) is 0 Å². The summed E-state index contributed by atoms with van der Waals surface area (Å²) in [6.45, 7) is 0. The topological polar surface area (TPSA) is 45.2 Å². The lowest BCUT2D eigenvalue weighted by Crippen LogP contribution is -2.39. The first-order valence-corrected chi connectivity index (χ1v) is 9.38. The van der Waals surface area contributed by atoms with Crippen molar-refractivity contribution in [2.24, 2.45) is 0 Å². The van der Waals surface area contributed by atoms with Gasteiger partial charge in [0.15, 0.2) is 0 Å². The maximum atomic E-state index is 10.3. The molecule has 1 unspecified atom stereocenters. The number of allylic oxidation sites excluding steroid dienone is 2. The van der Waals surface area contributed by atoms with Gasteiger partial charge in [-0.3, -0.25) is 0 Å². The van der Waals surface area contributed by atoms with Gasteiger partial charge in [-0.15, -0.1) is 0 Å². The van der Waals surface area contributed by atoms with Crippen molar-refractivity contribution < 1.29 is 9.84 Å². The van der Waals surface area contributed by atoms with Crippen LogP contribution in [0.1, 0.15) is 5.56 Å². The lowest BCUT2D eigenvalue weighted by atomic mass is 9.87. The number of aromatic amines is 1. The number of H-pyrrole nitrogens is 1. The number of nitrogens with one attached hydrogen (secondary N) is 1. The molecule has 134 valence electrons. The number of fused-ring (bicyclic) bond motifs is 5. The molecule has 28 heavy (non-hydrogen) atoms. The monoisotopic (exact) mass is 363 g/mol. The van der Waals surface area contributed by atoms with Crippen LogP contribution in [0.5, 0.6) is 0 Å². The SMILES string of the molecule is OC1=c2ccccc2=C2C(c3ccc4c(c3)[nH]c3ccccc34)=CC=CC2O1. The maximum Gasteiger partial charge on any atom is 0.285 e. The van der Waals surface area contributed by atoms with E-state index in [0.717, 1.165) is 38.2 Å². The largest absolute Gasteiger partial charge is 0.481 e. The number of rotatable bonds is 1. The standard InChI is InChI=1S/C25H17NO2/c27-25-20-8-2-1-7-19(20)24-16(9-5-11-23(24)28-25)15-12-13-18-17-6-3-4-10-21(17)26-22(18)14-15/h1-14,23,26-27H. The van der Waals surface area contributed by atoms with Gasteiger partial charge >= 0.3 is 0 Å².